The van der Waals surface area contributed by atoms with E-state index >= 15 is 0 Å². The van der Waals surface area contributed by atoms with Gasteiger partial charge >= 0.3 is 6.18 Å². The molecule has 0 bridgehead atoms. The fourth-order valence-corrected chi connectivity index (χ4v) is 5.88. The summed E-state index contributed by atoms with van der Waals surface area (Å²) in [7, 11) is 1.92. The predicted molar refractivity (Wildman–Crippen MR) is 120 cm³/mol. The van der Waals surface area contributed by atoms with Gasteiger partial charge in [-0.15, -0.1) is 0 Å². The average molecular weight is 486 g/mol. The highest BCUT2D eigenvalue weighted by Crippen LogP contribution is 2.75. The third kappa shape index (κ3) is 3.38. The van der Waals surface area contributed by atoms with Crippen molar-refractivity contribution >= 4 is 28.4 Å². The van der Waals surface area contributed by atoms with E-state index in [4.69, 9.17) is 5.84 Å². The number of benzene rings is 1. The number of halogens is 3. The topological polar surface area (TPSA) is 107 Å². The Hall–Kier alpha value is -3.23. The normalized spacial score (nSPS) is 26.9. The van der Waals surface area contributed by atoms with Crippen LogP contribution >= 0.6 is 0 Å². The summed E-state index contributed by atoms with van der Waals surface area (Å²) in [6, 6.07) is 8.48. The lowest BCUT2D eigenvalue weighted by molar-refractivity contribution is -0.194. The van der Waals surface area contributed by atoms with Crippen molar-refractivity contribution < 1.29 is 22.8 Å². The molecule has 184 valence electrons. The highest BCUT2D eigenvalue weighted by molar-refractivity contribution is 6.02. The van der Waals surface area contributed by atoms with Gasteiger partial charge in [-0.05, 0) is 63.7 Å². The summed E-state index contributed by atoms with van der Waals surface area (Å²) in [5.41, 5.74) is -2.97. The number of carbonyl (C=O) groups excluding carboxylic acids is 2. The Morgan fingerprint density at radius 2 is 1.94 bits per heavy atom. The van der Waals surface area contributed by atoms with Gasteiger partial charge in [-0.25, -0.2) is 10.9 Å². The predicted octanol–water partition coefficient (Wildman–Crippen LogP) is 2.44. The Morgan fingerprint density at radius 3 is 2.60 bits per heavy atom. The number of nitriles is 1. The van der Waals surface area contributed by atoms with Crippen LogP contribution in [0.25, 0.3) is 10.9 Å². The van der Waals surface area contributed by atoms with Gasteiger partial charge in [0.25, 0.3) is 5.91 Å². The number of aromatic nitrogens is 1. The second-order valence-corrected chi connectivity index (χ2v) is 9.93. The first-order valence-corrected chi connectivity index (χ1v) is 11.5. The molecule has 35 heavy (non-hydrogen) atoms. The number of alkyl halides is 3. The lowest BCUT2D eigenvalue weighted by Gasteiger charge is -2.31. The number of rotatable bonds is 3. The molecule has 2 saturated heterocycles. The van der Waals surface area contributed by atoms with Crippen molar-refractivity contribution in [1.29, 1.82) is 5.26 Å². The van der Waals surface area contributed by atoms with Crippen LogP contribution in [0.3, 0.4) is 0 Å². The molecule has 11 heteroatoms. The maximum atomic E-state index is 14.4. The number of fused-ring (bicyclic) bond motifs is 2. The second kappa shape index (κ2) is 7.90. The van der Waals surface area contributed by atoms with Crippen LogP contribution in [0.1, 0.15) is 24.8 Å². The molecule has 0 unspecified atom stereocenters. The summed E-state index contributed by atoms with van der Waals surface area (Å²) < 4.78 is 43.2. The number of hydrogen-bond donors (Lipinski definition) is 1. The van der Waals surface area contributed by atoms with Crippen molar-refractivity contribution in [2.24, 2.45) is 22.6 Å². The van der Waals surface area contributed by atoms with Crippen LogP contribution in [0.4, 0.5) is 18.9 Å². The van der Waals surface area contributed by atoms with Crippen molar-refractivity contribution in [3.8, 4) is 6.07 Å². The largest absolute Gasteiger partial charge is 0.397 e. The van der Waals surface area contributed by atoms with Gasteiger partial charge < -0.3 is 9.80 Å². The van der Waals surface area contributed by atoms with Crippen LogP contribution < -0.4 is 10.7 Å². The average Bonchev–Trinajstić information content (AvgIpc) is 3.39. The molecule has 2 N–H and O–H groups in total. The maximum Gasteiger partial charge on any atom is 0.397 e. The molecule has 1 aliphatic carbocycles. The third-order valence-corrected chi connectivity index (χ3v) is 8.00. The Labute approximate surface area is 200 Å². The zero-order chi connectivity index (χ0) is 25.2. The Bertz CT molecular complexity index is 1250. The van der Waals surface area contributed by atoms with Crippen LogP contribution in [0.5, 0.6) is 0 Å². The first-order chi connectivity index (χ1) is 16.5. The van der Waals surface area contributed by atoms with Gasteiger partial charge in [-0.2, -0.15) is 18.4 Å². The Balaban J connectivity index is 1.47. The summed E-state index contributed by atoms with van der Waals surface area (Å²) in [5, 5.41) is 10.4. The van der Waals surface area contributed by atoms with Gasteiger partial charge in [0.1, 0.15) is 11.5 Å². The summed E-state index contributed by atoms with van der Waals surface area (Å²) in [6.45, 7) is 0.650. The number of likely N-dealkylation sites (tertiary alicyclic amines) is 1. The van der Waals surface area contributed by atoms with Crippen molar-refractivity contribution in [2.75, 3.05) is 38.1 Å². The number of nitrogens with zero attached hydrogens (tertiary/aromatic N) is 5. The van der Waals surface area contributed by atoms with E-state index in [1.165, 1.54) is 17.2 Å². The summed E-state index contributed by atoms with van der Waals surface area (Å²) in [5.74, 6) is 3.84. The minimum absolute atomic E-state index is 0.227. The molecule has 8 nitrogen and oxygen atoms in total. The molecule has 2 aliphatic heterocycles. The number of piperidine rings is 2. The lowest BCUT2D eigenvalue weighted by atomic mass is 9.92. The van der Waals surface area contributed by atoms with Gasteiger partial charge in [-0.3, -0.25) is 14.6 Å². The fraction of sp³-hybridized carbons (Fsp3) is 0.500. The molecule has 1 aromatic heterocycles. The minimum atomic E-state index is -4.66. The van der Waals surface area contributed by atoms with Crippen molar-refractivity contribution in [3.63, 3.8) is 0 Å². The van der Waals surface area contributed by atoms with E-state index in [1.54, 1.807) is 18.2 Å². The molecule has 1 saturated carbocycles. The van der Waals surface area contributed by atoms with E-state index in [9.17, 15) is 28.0 Å². The van der Waals surface area contributed by atoms with Gasteiger partial charge in [0.05, 0.1) is 16.5 Å². The number of hydrogen-bond acceptors (Lipinski definition) is 7. The van der Waals surface area contributed by atoms with Crippen molar-refractivity contribution in [2.45, 2.75) is 25.4 Å². The quantitative estimate of drug-likeness (QED) is 0.307. The molecule has 1 aromatic carbocycles. The molecule has 2 atom stereocenters. The number of imide groups is 1. The number of carbonyl (C=O) groups is 2. The van der Waals surface area contributed by atoms with Gasteiger partial charge in [0.2, 0.25) is 5.91 Å². The van der Waals surface area contributed by atoms with Crippen molar-refractivity contribution in [3.05, 3.63) is 36.0 Å². The van der Waals surface area contributed by atoms with E-state index in [1.807, 2.05) is 18.0 Å². The SMILES string of the molecule is CN1CCC(C(=O)N(N)C(=O)[C@]23CN(c4ccc(C#N)c5ncccc45)C[C@@]2(C(F)(F)F)C3)CC1. The number of nitrogens with two attached hydrogens (primary N) is 1. The first kappa shape index (κ1) is 23.5. The lowest BCUT2D eigenvalue weighted by Crippen LogP contribution is -2.52. The van der Waals surface area contributed by atoms with E-state index in [0.717, 1.165) is 0 Å². The standard InChI is InChI=1S/C24H25F3N6O2/c1-31-9-6-15(7-10-31)20(34)33(29)21(35)22-12-23(22,24(25,26)27)14-32(13-22)18-5-4-16(11-28)19-17(18)3-2-8-30-19/h2-5,8,15H,6-7,9-10,12-14,29H2,1H3/t22-,23-/m0/s1. The smallest absolute Gasteiger partial charge is 0.369 e. The molecular formula is C24H25F3N6O2. The highest BCUT2D eigenvalue weighted by atomic mass is 19.4. The summed E-state index contributed by atoms with van der Waals surface area (Å²) in [4.78, 5) is 34.2. The Kier molecular flexibility index (Phi) is 5.30. The minimum Gasteiger partial charge on any atom is -0.369 e. The molecule has 3 fully saturated rings. The molecule has 3 aliphatic rings. The molecule has 2 amide bonds. The van der Waals surface area contributed by atoms with Crippen LogP contribution in [0, 0.1) is 28.1 Å². The zero-order valence-electron chi connectivity index (χ0n) is 19.2. The van der Waals surface area contributed by atoms with Crippen molar-refractivity contribution in [1.82, 2.24) is 14.9 Å². The summed E-state index contributed by atoms with van der Waals surface area (Å²) in [6.07, 6.45) is -2.54. The van der Waals surface area contributed by atoms with Gasteiger partial charge in [0, 0.05) is 36.3 Å². The number of anilines is 1. The number of hydrazine groups is 1. The van der Waals surface area contributed by atoms with Crippen LogP contribution in [0.2, 0.25) is 0 Å². The van der Waals surface area contributed by atoms with Gasteiger partial charge in [-0.1, -0.05) is 0 Å². The van der Waals surface area contributed by atoms with E-state index in [0.29, 0.717) is 53.1 Å². The van der Waals surface area contributed by atoms with Crippen LogP contribution in [-0.4, -0.2) is 66.1 Å². The molecular weight excluding hydrogens is 461 g/mol. The Morgan fingerprint density at radius 1 is 1.23 bits per heavy atom. The molecule has 2 aromatic rings. The molecule has 5 rings (SSSR count). The van der Waals surface area contributed by atoms with Crippen LogP contribution in [-0.2, 0) is 9.59 Å². The zero-order valence-corrected chi connectivity index (χ0v) is 19.2. The van der Waals surface area contributed by atoms with Crippen LogP contribution in [0.15, 0.2) is 30.5 Å². The van der Waals surface area contributed by atoms with Gasteiger partial charge in [0.15, 0.2) is 0 Å². The van der Waals surface area contributed by atoms with E-state index in [-0.39, 0.29) is 6.54 Å². The van der Waals surface area contributed by atoms with E-state index < -0.39 is 47.7 Å². The second-order valence-electron chi connectivity index (χ2n) is 9.93. The number of amides is 2. The van der Waals surface area contributed by atoms with E-state index in [2.05, 4.69) is 4.98 Å². The maximum absolute atomic E-state index is 14.4. The molecule has 0 radical (unpaired) electrons. The number of pyridine rings is 1. The fourth-order valence-electron chi connectivity index (χ4n) is 5.88. The molecule has 0 spiro atoms. The third-order valence-electron chi connectivity index (χ3n) is 8.00. The first-order valence-electron chi connectivity index (χ1n) is 11.5. The summed E-state index contributed by atoms with van der Waals surface area (Å²) >= 11 is 0. The highest BCUT2D eigenvalue weighted by Gasteiger charge is 2.87. The monoisotopic (exact) mass is 486 g/mol. The molecule has 3 heterocycles.